The lowest BCUT2D eigenvalue weighted by Crippen LogP contribution is -2.30. The van der Waals surface area contributed by atoms with Gasteiger partial charge in [0.25, 0.3) is 17.7 Å². The average Bonchev–Trinajstić information content (AvgIpc) is 3.23. The van der Waals surface area contributed by atoms with Crippen molar-refractivity contribution in [3.8, 4) is 0 Å². The maximum atomic E-state index is 12.4. The quantitative estimate of drug-likeness (QED) is 0.268. The number of nitrogens with zero attached hydrogens (tertiary/aromatic N) is 2. The highest BCUT2D eigenvalue weighted by Crippen LogP contribution is 2.26. The van der Waals surface area contributed by atoms with Crippen LogP contribution in [0.15, 0.2) is 48.5 Å². The van der Waals surface area contributed by atoms with Crippen LogP contribution in [0.25, 0.3) is 0 Å². The summed E-state index contributed by atoms with van der Waals surface area (Å²) in [5.74, 6) is -1.07. The summed E-state index contributed by atoms with van der Waals surface area (Å²) in [6.07, 6.45) is 1.26. The number of nitrogens with one attached hydrogen (secondary N) is 1. The zero-order chi connectivity index (χ0) is 22.0. The molecule has 0 unspecified atom stereocenters. The molecular formula is C22H18IN3O4S. The van der Waals surface area contributed by atoms with E-state index in [1.165, 1.54) is 11.3 Å². The first kappa shape index (κ1) is 21.6. The molecule has 2 heterocycles. The number of hydrogen-bond acceptors (Lipinski definition) is 6. The van der Waals surface area contributed by atoms with E-state index in [1.807, 2.05) is 19.1 Å². The van der Waals surface area contributed by atoms with Gasteiger partial charge in [0.2, 0.25) is 0 Å². The van der Waals surface area contributed by atoms with Crippen LogP contribution in [-0.2, 0) is 11.3 Å². The van der Waals surface area contributed by atoms with Crippen LogP contribution in [-0.4, -0.2) is 34.4 Å². The molecule has 0 spiro atoms. The number of amides is 3. The van der Waals surface area contributed by atoms with Crippen LogP contribution in [0.3, 0.4) is 0 Å². The molecule has 0 fully saturated rings. The molecule has 0 saturated carbocycles. The third-order valence-electron chi connectivity index (χ3n) is 4.74. The van der Waals surface area contributed by atoms with Gasteiger partial charge in [-0.1, -0.05) is 12.1 Å². The topological polar surface area (TPSA) is 88.6 Å². The van der Waals surface area contributed by atoms with Crippen molar-refractivity contribution < 1.29 is 19.2 Å². The molecule has 3 aromatic rings. The van der Waals surface area contributed by atoms with Crippen LogP contribution < -0.4 is 5.32 Å². The zero-order valence-electron chi connectivity index (χ0n) is 16.6. The van der Waals surface area contributed by atoms with Gasteiger partial charge >= 0.3 is 0 Å². The van der Waals surface area contributed by atoms with Gasteiger partial charge in [-0.2, -0.15) is 0 Å². The monoisotopic (exact) mass is 547 g/mol. The van der Waals surface area contributed by atoms with Crippen LogP contribution in [0.1, 0.15) is 48.1 Å². The lowest BCUT2D eigenvalue weighted by molar-refractivity contribution is -0.0918. The summed E-state index contributed by atoms with van der Waals surface area (Å²) in [7, 11) is 0. The van der Waals surface area contributed by atoms with E-state index < -0.39 is 11.8 Å². The lowest BCUT2D eigenvalue weighted by atomic mass is 10.1. The van der Waals surface area contributed by atoms with E-state index in [0.717, 1.165) is 19.2 Å². The Morgan fingerprint density at radius 2 is 1.74 bits per heavy atom. The molecule has 4 rings (SSSR count). The predicted molar refractivity (Wildman–Crippen MR) is 125 cm³/mol. The van der Waals surface area contributed by atoms with Crippen molar-refractivity contribution in [2.24, 2.45) is 0 Å². The molecule has 1 N–H and O–H groups in total. The van der Waals surface area contributed by atoms with Crippen LogP contribution >= 0.6 is 33.9 Å². The molecule has 0 aliphatic carbocycles. The minimum absolute atomic E-state index is 0.203. The third kappa shape index (κ3) is 4.68. The highest BCUT2D eigenvalue weighted by atomic mass is 127. The molecule has 0 atom stereocenters. The third-order valence-corrected chi connectivity index (χ3v) is 6.60. The minimum atomic E-state index is -0.435. The van der Waals surface area contributed by atoms with Gasteiger partial charge in [0, 0.05) is 14.0 Å². The number of aryl methyl sites for hydroxylation is 2. The molecule has 1 aliphatic rings. The Labute approximate surface area is 196 Å². The number of carbonyl (C=O) groups is 3. The Morgan fingerprint density at radius 3 is 2.39 bits per heavy atom. The number of hydroxylamine groups is 2. The van der Waals surface area contributed by atoms with Gasteiger partial charge < -0.3 is 0 Å². The number of rotatable bonds is 7. The van der Waals surface area contributed by atoms with E-state index in [9.17, 15) is 14.4 Å². The molecule has 0 saturated heterocycles. The average molecular weight is 547 g/mol. The van der Waals surface area contributed by atoms with Gasteiger partial charge in [-0.3, -0.25) is 24.5 Å². The van der Waals surface area contributed by atoms with Crippen molar-refractivity contribution >= 4 is 56.8 Å². The van der Waals surface area contributed by atoms with Gasteiger partial charge in [0.1, 0.15) is 0 Å². The molecule has 7 nitrogen and oxygen atoms in total. The first-order chi connectivity index (χ1) is 14.9. The summed E-state index contributed by atoms with van der Waals surface area (Å²) < 4.78 is 1.06. The fourth-order valence-electron chi connectivity index (χ4n) is 3.16. The number of thiazole rings is 1. The Kier molecular flexibility index (Phi) is 6.44. The van der Waals surface area contributed by atoms with Crippen LogP contribution in [0.5, 0.6) is 0 Å². The molecule has 2 aromatic carbocycles. The van der Waals surface area contributed by atoms with Crippen LogP contribution in [0.4, 0.5) is 5.13 Å². The van der Waals surface area contributed by atoms with Gasteiger partial charge in [-0.05, 0) is 78.8 Å². The Balaban J connectivity index is 1.29. The van der Waals surface area contributed by atoms with Gasteiger partial charge in [-0.25, -0.2) is 4.98 Å². The summed E-state index contributed by atoms with van der Waals surface area (Å²) >= 11 is 3.60. The number of imide groups is 1. The number of halogens is 1. The molecular weight excluding hydrogens is 529 g/mol. The Bertz CT molecular complexity index is 1120. The number of benzene rings is 2. The highest BCUT2D eigenvalue weighted by molar-refractivity contribution is 14.1. The van der Waals surface area contributed by atoms with E-state index in [2.05, 4.69) is 32.9 Å². The largest absolute Gasteiger partial charge is 0.298 e. The van der Waals surface area contributed by atoms with Gasteiger partial charge in [-0.15, -0.1) is 16.4 Å². The summed E-state index contributed by atoms with van der Waals surface area (Å²) in [6.45, 7) is 2.10. The highest BCUT2D eigenvalue weighted by Gasteiger charge is 2.36. The minimum Gasteiger partial charge on any atom is -0.298 e. The molecule has 9 heteroatoms. The van der Waals surface area contributed by atoms with E-state index >= 15 is 0 Å². The summed E-state index contributed by atoms with van der Waals surface area (Å²) in [5.41, 5.74) is 2.13. The van der Waals surface area contributed by atoms with E-state index in [0.29, 0.717) is 34.7 Å². The second-order valence-electron chi connectivity index (χ2n) is 6.88. The number of hydrogen-bond donors (Lipinski definition) is 1. The van der Waals surface area contributed by atoms with Crippen molar-refractivity contribution in [3.05, 3.63) is 79.4 Å². The number of aromatic nitrogens is 1. The SMILES string of the molecule is Cc1nc(NC(=O)c2ccc(I)cc2)sc1CCCON1C(=O)c2ccccc2C1=O. The predicted octanol–water partition coefficient (Wildman–Crippen LogP) is 4.47. The van der Waals surface area contributed by atoms with Crippen molar-refractivity contribution in [1.29, 1.82) is 0 Å². The molecule has 158 valence electrons. The van der Waals surface area contributed by atoms with Gasteiger partial charge in [0.05, 0.1) is 23.4 Å². The molecule has 1 aromatic heterocycles. The number of carbonyl (C=O) groups excluding carboxylic acids is 3. The Morgan fingerprint density at radius 1 is 1.10 bits per heavy atom. The number of fused-ring (bicyclic) bond motifs is 1. The van der Waals surface area contributed by atoms with E-state index in [-0.39, 0.29) is 12.5 Å². The standard InChI is InChI=1S/C22H18IN3O4S/c1-13-18(31-22(24-13)25-19(27)14-8-10-15(23)11-9-14)7-4-12-30-26-20(28)16-5-2-3-6-17(16)21(26)29/h2-3,5-6,8-11H,4,7,12H2,1H3,(H,24,25,27). The molecule has 3 amide bonds. The van der Waals surface area contributed by atoms with Crippen molar-refractivity contribution in [3.63, 3.8) is 0 Å². The van der Waals surface area contributed by atoms with Crippen molar-refractivity contribution in [2.75, 3.05) is 11.9 Å². The fourth-order valence-corrected chi connectivity index (χ4v) is 4.52. The number of anilines is 1. The van der Waals surface area contributed by atoms with Crippen molar-refractivity contribution in [1.82, 2.24) is 10.0 Å². The van der Waals surface area contributed by atoms with Crippen LogP contribution in [0, 0.1) is 10.5 Å². The van der Waals surface area contributed by atoms with Crippen LogP contribution in [0.2, 0.25) is 0 Å². The van der Waals surface area contributed by atoms with E-state index in [4.69, 9.17) is 4.84 Å². The molecule has 0 bridgehead atoms. The first-order valence-electron chi connectivity index (χ1n) is 9.58. The first-order valence-corrected chi connectivity index (χ1v) is 11.5. The maximum Gasteiger partial charge on any atom is 0.285 e. The summed E-state index contributed by atoms with van der Waals surface area (Å²) in [6, 6.07) is 14.0. The summed E-state index contributed by atoms with van der Waals surface area (Å²) in [5, 5.41) is 4.20. The molecule has 1 aliphatic heterocycles. The fraction of sp³-hybridized carbons (Fsp3) is 0.182. The lowest BCUT2D eigenvalue weighted by Gasteiger charge is -2.12. The Hall–Kier alpha value is -2.63. The molecule has 31 heavy (non-hydrogen) atoms. The summed E-state index contributed by atoms with van der Waals surface area (Å²) in [4.78, 5) is 47.9. The normalized spacial score (nSPS) is 12.9. The van der Waals surface area contributed by atoms with E-state index in [1.54, 1.807) is 36.4 Å². The zero-order valence-corrected chi connectivity index (χ0v) is 19.5. The maximum absolute atomic E-state index is 12.4. The van der Waals surface area contributed by atoms with Crippen molar-refractivity contribution in [2.45, 2.75) is 19.8 Å². The smallest absolute Gasteiger partial charge is 0.285 e. The van der Waals surface area contributed by atoms with Gasteiger partial charge in [0.15, 0.2) is 5.13 Å². The second kappa shape index (κ2) is 9.25. The molecule has 0 radical (unpaired) electrons. The second-order valence-corrected chi connectivity index (χ2v) is 9.20.